The molecule has 0 saturated carbocycles. The van der Waals surface area contributed by atoms with Crippen LogP contribution in [0.2, 0.25) is 0 Å². The summed E-state index contributed by atoms with van der Waals surface area (Å²) in [5.41, 5.74) is 0.444. The van der Waals surface area contributed by atoms with Gasteiger partial charge in [-0.2, -0.15) is 0 Å². The maximum atomic E-state index is 10.8. The van der Waals surface area contributed by atoms with Gasteiger partial charge in [0.05, 0.1) is 0 Å². The van der Waals surface area contributed by atoms with Crippen LogP contribution in [0.15, 0.2) is 0 Å². The first-order valence-corrected chi connectivity index (χ1v) is 5.29. The summed E-state index contributed by atoms with van der Waals surface area (Å²) in [5.74, 6) is 2.26. The minimum absolute atomic E-state index is 0.444. The van der Waals surface area contributed by atoms with Crippen LogP contribution in [0.5, 0.6) is 0 Å². The maximum absolute atomic E-state index is 10.8. The van der Waals surface area contributed by atoms with Gasteiger partial charge in [-0.05, 0) is 32.3 Å². The quantitative estimate of drug-likeness (QED) is 0.512. The fraction of sp³-hybridized carbons (Fsp3) is 0.714. The molecule has 0 bridgehead atoms. The molecule has 0 fully saturated rings. The molecular weight excluding hydrogens is 131 g/mol. The highest BCUT2D eigenvalue weighted by Gasteiger charge is 2.04. The highest BCUT2D eigenvalue weighted by molar-refractivity contribution is 7.73. The topological polar surface area (TPSA) is 17.1 Å². The average Bonchev–Trinajstić information content (AvgIpc) is 1.90. The number of hydrogen-bond donors (Lipinski definition) is 0. The van der Waals surface area contributed by atoms with Gasteiger partial charge < -0.3 is 0 Å². The molecule has 1 aliphatic heterocycles. The van der Waals surface area contributed by atoms with Crippen molar-refractivity contribution in [1.29, 1.82) is 0 Å². The van der Waals surface area contributed by atoms with Gasteiger partial charge in [-0.1, -0.05) is 13.3 Å². The van der Waals surface area contributed by atoms with E-state index < -0.39 is 7.55 Å². The molecule has 1 unspecified atom stereocenters. The SMILES string of the molecule is CC(=O)[PH]1=CCCCC1. The van der Waals surface area contributed by atoms with Crippen LogP contribution in [0.4, 0.5) is 0 Å². The second-order valence-corrected chi connectivity index (χ2v) is 5.19. The van der Waals surface area contributed by atoms with Crippen molar-refractivity contribution in [3.8, 4) is 0 Å². The summed E-state index contributed by atoms with van der Waals surface area (Å²) in [6.07, 6.45) is 4.97. The summed E-state index contributed by atoms with van der Waals surface area (Å²) < 4.78 is 0. The Hall–Kier alpha value is -0.0300. The Balaban J connectivity index is 2.57. The third-order valence-electron chi connectivity index (χ3n) is 1.74. The van der Waals surface area contributed by atoms with Crippen LogP contribution < -0.4 is 0 Å². The van der Waals surface area contributed by atoms with Crippen molar-refractivity contribution in [2.24, 2.45) is 0 Å². The van der Waals surface area contributed by atoms with Gasteiger partial charge in [-0.15, -0.1) is 0 Å². The van der Waals surface area contributed by atoms with Crippen molar-refractivity contribution in [1.82, 2.24) is 0 Å². The molecule has 2 heteroatoms. The van der Waals surface area contributed by atoms with E-state index in [1.54, 1.807) is 6.92 Å². The van der Waals surface area contributed by atoms with E-state index in [1.807, 2.05) is 0 Å². The Morgan fingerprint density at radius 1 is 1.56 bits per heavy atom. The van der Waals surface area contributed by atoms with Gasteiger partial charge in [0.1, 0.15) is 5.52 Å². The van der Waals surface area contributed by atoms with Crippen LogP contribution in [-0.4, -0.2) is 17.5 Å². The lowest BCUT2D eigenvalue weighted by Gasteiger charge is -2.09. The fourth-order valence-electron chi connectivity index (χ4n) is 1.16. The molecule has 9 heavy (non-hydrogen) atoms. The highest BCUT2D eigenvalue weighted by Crippen LogP contribution is 2.29. The highest BCUT2D eigenvalue weighted by atomic mass is 31.1. The molecule has 0 saturated heterocycles. The van der Waals surface area contributed by atoms with Gasteiger partial charge in [-0.3, -0.25) is 4.79 Å². The molecule has 1 atom stereocenters. The molecule has 0 N–H and O–H groups in total. The van der Waals surface area contributed by atoms with Crippen molar-refractivity contribution in [3.63, 3.8) is 0 Å². The second-order valence-electron chi connectivity index (χ2n) is 2.53. The standard InChI is InChI=1S/C7H13OP/c1-7(8)9-5-3-2-4-6-9/h5,9H,2-4,6H2,1H3. The summed E-state index contributed by atoms with van der Waals surface area (Å²) in [6.45, 7) is 1.73. The van der Waals surface area contributed by atoms with Crippen molar-refractivity contribution in [2.75, 3.05) is 6.16 Å². The van der Waals surface area contributed by atoms with E-state index in [1.165, 1.54) is 25.4 Å². The number of carbonyl (C=O) groups excluding carboxylic acids is 1. The lowest BCUT2D eigenvalue weighted by molar-refractivity contribution is -0.109. The zero-order chi connectivity index (χ0) is 6.69. The third-order valence-corrected chi connectivity index (χ3v) is 4.32. The normalized spacial score (nSPS) is 27.0. The Bertz CT molecular complexity index is 149. The van der Waals surface area contributed by atoms with Gasteiger partial charge in [0, 0.05) is 0 Å². The Labute approximate surface area is 56.8 Å². The summed E-state index contributed by atoms with van der Waals surface area (Å²) in [7, 11) is -0.629. The van der Waals surface area contributed by atoms with Crippen LogP contribution in [0.1, 0.15) is 26.2 Å². The molecule has 1 rings (SSSR count). The van der Waals surface area contributed by atoms with E-state index in [2.05, 4.69) is 5.80 Å². The van der Waals surface area contributed by atoms with Crippen molar-refractivity contribution >= 4 is 18.9 Å². The summed E-state index contributed by atoms with van der Waals surface area (Å²) in [6, 6.07) is 0. The lowest BCUT2D eigenvalue weighted by Crippen LogP contribution is -1.96. The molecule has 0 aliphatic carbocycles. The van der Waals surface area contributed by atoms with Gasteiger partial charge in [0.25, 0.3) is 0 Å². The van der Waals surface area contributed by atoms with Crippen LogP contribution in [-0.2, 0) is 4.79 Å². The zero-order valence-corrected chi connectivity index (χ0v) is 6.81. The summed E-state index contributed by atoms with van der Waals surface area (Å²) >= 11 is 0. The first kappa shape index (κ1) is 7.08. The predicted molar refractivity (Wildman–Crippen MR) is 43.8 cm³/mol. The van der Waals surface area contributed by atoms with Crippen molar-refractivity contribution in [2.45, 2.75) is 26.2 Å². The first-order chi connectivity index (χ1) is 4.30. The second kappa shape index (κ2) is 3.22. The van der Waals surface area contributed by atoms with Gasteiger partial charge in [0.2, 0.25) is 0 Å². The molecular formula is C7H13OP. The Kier molecular flexibility index (Phi) is 2.53. The Morgan fingerprint density at radius 3 is 2.67 bits per heavy atom. The molecule has 0 amide bonds. The van der Waals surface area contributed by atoms with E-state index in [-0.39, 0.29) is 0 Å². The molecule has 0 aromatic rings. The molecule has 1 nitrogen and oxygen atoms in total. The first-order valence-electron chi connectivity index (χ1n) is 3.50. The average molecular weight is 144 g/mol. The minimum Gasteiger partial charge on any atom is -0.295 e. The smallest absolute Gasteiger partial charge is 0.147 e. The summed E-state index contributed by atoms with van der Waals surface area (Å²) in [4.78, 5) is 10.8. The molecule has 52 valence electrons. The van der Waals surface area contributed by atoms with E-state index in [0.717, 1.165) is 0 Å². The fourth-order valence-corrected chi connectivity index (χ4v) is 3.19. The van der Waals surface area contributed by atoms with Crippen molar-refractivity contribution in [3.05, 3.63) is 0 Å². The van der Waals surface area contributed by atoms with E-state index in [9.17, 15) is 4.79 Å². The Morgan fingerprint density at radius 2 is 2.33 bits per heavy atom. The van der Waals surface area contributed by atoms with Crippen molar-refractivity contribution < 1.29 is 4.79 Å². The zero-order valence-electron chi connectivity index (χ0n) is 5.81. The molecule has 1 aliphatic rings. The van der Waals surface area contributed by atoms with Crippen LogP contribution in [0, 0.1) is 0 Å². The van der Waals surface area contributed by atoms with Gasteiger partial charge in [-0.25, -0.2) is 0 Å². The van der Waals surface area contributed by atoms with Crippen LogP contribution in [0.3, 0.4) is 0 Å². The number of rotatable bonds is 1. The largest absolute Gasteiger partial charge is 0.295 e. The van der Waals surface area contributed by atoms with E-state index in [0.29, 0.717) is 5.52 Å². The predicted octanol–water partition coefficient (Wildman–Crippen LogP) is 1.73. The van der Waals surface area contributed by atoms with E-state index in [4.69, 9.17) is 0 Å². The van der Waals surface area contributed by atoms with Crippen LogP contribution >= 0.6 is 7.55 Å². The van der Waals surface area contributed by atoms with Crippen LogP contribution in [0.25, 0.3) is 0 Å². The molecule has 1 heterocycles. The third kappa shape index (κ3) is 1.98. The maximum Gasteiger partial charge on any atom is 0.147 e. The molecule has 0 aromatic heterocycles. The molecule has 0 radical (unpaired) electrons. The van der Waals surface area contributed by atoms with E-state index >= 15 is 0 Å². The minimum atomic E-state index is -0.629. The lowest BCUT2D eigenvalue weighted by atomic mass is 10.3. The number of carbonyl (C=O) groups is 1. The molecule has 0 spiro atoms. The van der Waals surface area contributed by atoms with Gasteiger partial charge in [0.15, 0.2) is 0 Å². The number of hydrogen-bond acceptors (Lipinski definition) is 1. The van der Waals surface area contributed by atoms with Gasteiger partial charge >= 0.3 is 0 Å². The monoisotopic (exact) mass is 144 g/mol. The molecule has 0 aromatic carbocycles. The summed E-state index contributed by atoms with van der Waals surface area (Å²) in [5, 5.41) is 0.